The number of carboxylic acid groups (broad SMARTS) is 1. The van der Waals surface area contributed by atoms with Crippen molar-refractivity contribution in [3.63, 3.8) is 0 Å². The summed E-state index contributed by atoms with van der Waals surface area (Å²) >= 11 is 1.44. The highest BCUT2D eigenvalue weighted by molar-refractivity contribution is 7.13. The molecule has 3 aromatic heterocycles. The second kappa shape index (κ2) is 8.33. The monoisotopic (exact) mass is 455 g/mol. The van der Waals surface area contributed by atoms with Crippen LogP contribution < -0.4 is 0 Å². The zero-order valence-electron chi connectivity index (χ0n) is 17.4. The highest BCUT2D eigenvalue weighted by atomic mass is 32.1. The second-order valence-electron chi connectivity index (χ2n) is 7.42. The molecular formula is C25H17N3O4S. The number of nitrogens with zero attached hydrogens (tertiary/aromatic N) is 3. The number of carboxylic acids is 1. The zero-order valence-corrected chi connectivity index (χ0v) is 18.2. The van der Waals surface area contributed by atoms with Gasteiger partial charge >= 0.3 is 5.97 Å². The number of ketones is 1. The predicted molar refractivity (Wildman–Crippen MR) is 124 cm³/mol. The van der Waals surface area contributed by atoms with Crippen LogP contribution in [0.5, 0.6) is 0 Å². The summed E-state index contributed by atoms with van der Waals surface area (Å²) < 4.78 is 7.33. The number of aromatic carboxylic acids is 1. The molecule has 5 rings (SSSR count). The van der Waals surface area contributed by atoms with Gasteiger partial charge in [-0.25, -0.2) is 14.8 Å². The Bertz CT molecular complexity index is 1460. The van der Waals surface area contributed by atoms with E-state index in [4.69, 9.17) is 9.52 Å². The van der Waals surface area contributed by atoms with Crippen LogP contribution in [0.3, 0.4) is 0 Å². The summed E-state index contributed by atoms with van der Waals surface area (Å²) in [7, 11) is 0. The van der Waals surface area contributed by atoms with E-state index >= 15 is 0 Å². The van der Waals surface area contributed by atoms with Gasteiger partial charge in [-0.1, -0.05) is 54.1 Å². The van der Waals surface area contributed by atoms with Crippen molar-refractivity contribution in [3.05, 3.63) is 101 Å². The van der Waals surface area contributed by atoms with Crippen LogP contribution in [-0.4, -0.2) is 31.4 Å². The summed E-state index contributed by atoms with van der Waals surface area (Å²) in [4.78, 5) is 32.2. The van der Waals surface area contributed by atoms with E-state index in [1.807, 2.05) is 31.2 Å². The Hall–Kier alpha value is -4.30. The van der Waals surface area contributed by atoms with Crippen molar-refractivity contribution in [3.8, 4) is 27.8 Å². The van der Waals surface area contributed by atoms with Gasteiger partial charge in [0.05, 0.1) is 0 Å². The molecule has 0 spiro atoms. The summed E-state index contributed by atoms with van der Waals surface area (Å²) in [6.45, 7) is 2.03. The highest BCUT2D eigenvalue weighted by Crippen LogP contribution is 2.27. The molecule has 0 aliphatic rings. The van der Waals surface area contributed by atoms with Gasteiger partial charge in [0.25, 0.3) is 0 Å². The number of benzene rings is 2. The number of aryl methyl sites for hydroxylation is 1. The van der Waals surface area contributed by atoms with Gasteiger partial charge in [0, 0.05) is 34.3 Å². The Labute approximate surface area is 192 Å². The largest absolute Gasteiger partial charge is 0.476 e. The van der Waals surface area contributed by atoms with Crippen molar-refractivity contribution < 1.29 is 19.1 Å². The number of hydrogen-bond donors (Lipinski definition) is 1. The molecule has 0 bridgehead atoms. The lowest BCUT2D eigenvalue weighted by molar-refractivity contribution is 0.0691. The van der Waals surface area contributed by atoms with Gasteiger partial charge in [-0.2, -0.15) is 0 Å². The maximum absolute atomic E-state index is 12.9. The molecule has 3 heterocycles. The first-order chi connectivity index (χ1) is 16.0. The molecule has 0 saturated heterocycles. The molecule has 0 radical (unpaired) electrons. The minimum absolute atomic E-state index is 0.0663. The first kappa shape index (κ1) is 20.6. The van der Waals surface area contributed by atoms with Crippen LogP contribution in [0.15, 0.2) is 83.0 Å². The number of hydrogen-bond acceptors (Lipinski definition) is 6. The van der Waals surface area contributed by atoms with Crippen LogP contribution in [-0.2, 0) is 0 Å². The molecule has 8 heteroatoms. The number of rotatable bonds is 6. The van der Waals surface area contributed by atoms with Crippen LogP contribution in [0.4, 0.5) is 0 Å². The van der Waals surface area contributed by atoms with Crippen LogP contribution in [0.25, 0.3) is 27.8 Å². The lowest BCUT2D eigenvalue weighted by Gasteiger charge is -2.01. The molecule has 5 aromatic rings. The van der Waals surface area contributed by atoms with Gasteiger partial charge in [0.15, 0.2) is 5.69 Å². The minimum atomic E-state index is -1.10. The predicted octanol–water partition coefficient (Wildman–Crippen LogP) is 5.49. The molecule has 33 heavy (non-hydrogen) atoms. The van der Waals surface area contributed by atoms with Gasteiger partial charge in [-0.05, 0) is 13.0 Å². The molecule has 0 aliphatic heterocycles. The van der Waals surface area contributed by atoms with Gasteiger partial charge in [-0.15, -0.1) is 11.3 Å². The van der Waals surface area contributed by atoms with E-state index in [9.17, 15) is 9.59 Å². The molecule has 0 unspecified atom stereocenters. The summed E-state index contributed by atoms with van der Waals surface area (Å²) in [5, 5.41) is 11.6. The van der Waals surface area contributed by atoms with E-state index in [0.717, 1.165) is 16.1 Å². The third kappa shape index (κ3) is 4.11. The van der Waals surface area contributed by atoms with Crippen molar-refractivity contribution in [1.82, 2.24) is 14.5 Å². The minimum Gasteiger partial charge on any atom is -0.476 e. The fourth-order valence-corrected chi connectivity index (χ4v) is 4.12. The summed E-state index contributed by atoms with van der Waals surface area (Å²) in [5.74, 6) is -0.219. The maximum atomic E-state index is 12.9. The molecule has 1 N–H and O–H groups in total. The average molecular weight is 455 g/mol. The SMILES string of the molecule is Cc1ccc(-c2nc(C(=O)c3ccc(-c4ccc(-n5cnc(C(=O)O)c5)o4)cc3)cs2)cc1. The van der Waals surface area contributed by atoms with E-state index in [1.165, 1.54) is 34.0 Å². The third-order valence-corrected chi connectivity index (χ3v) is 6.01. The molecule has 2 aromatic carbocycles. The Morgan fingerprint density at radius 3 is 2.36 bits per heavy atom. The Morgan fingerprint density at radius 2 is 1.67 bits per heavy atom. The number of carbonyl (C=O) groups excluding carboxylic acids is 1. The van der Waals surface area contributed by atoms with Crippen molar-refractivity contribution >= 4 is 23.1 Å². The van der Waals surface area contributed by atoms with Gasteiger partial charge in [0.2, 0.25) is 11.7 Å². The van der Waals surface area contributed by atoms with Gasteiger partial charge < -0.3 is 9.52 Å². The normalized spacial score (nSPS) is 10.9. The van der Waals surface area contributed by atoms with E-state index in [0.29, 0.717) is 22.9 Å². The maximum Gasteiger partial charge on any atom is 0.356 e. The lowest BCUT2D eigenvalue weighted by Crippen LogP contribution is -2.01. The molecule has 162 valence electrons. The molecule has 0 amide bonds. The third-order valence-electron chi connectivity index (χ3n) is 5.11. The van der Waals surface area contributed by atoms with Crippen LogP contribution in [0.1, 0.15) is 32.1 Å². The first-order valence-electron chi connectivity index (χ1n) is 10.0. The Kier molecular flexibility index (Phi) is 5.20. The number of aromatic nitrogens is 3. The fourth-order valence-electron chi connectivity index (χ4n) is 3.32. The van der Waals surface area contributed by atoms with E-state index in [1.54, 1.807) is 41.8 Å². The smallest absolute Gasteiger partial charge is 0.356 e. The number of carbonyl (C=O) groups is 2. The van der Waals surface area contributed by atoms with Crippen LogP contribution in [0, 0.1) is 6.92 Å². The van der Waals surface area contributed by atoms with Crippen LogP contribution in [0.2, 0.25) is 0 Å². The molecule has 0 atom stereocenters. The summed E-state index contributed by atoms with van der Waals surface area (Å²) in [6, 6.07) is 18.6. The first-order valence-corrected chi connectivity index (χ1v) is 10.9. The van der Waals surface area contributed by atoms with Crippen LogP contribution >= 0.6 is 11.3 Å². The molecule has 0 saturated carbocycles. The Morgan fingerprint density at radius 1 is 0.939 bits per heavy atom. The number of thiazole rings is 1. The zero-order chi connectivity index (χ0) is 22.9. The average Bonchev–Trinajstić information content (AvgIpc) is 3.59. The van der Waals surface area contributed by atoms with Crippen molar-refractivity contribution in [2.45, 2.75) is 6.92 Å². The molecule has 0 fully saturated rings. The molecular weight excluding hydrogens is 438 g/mol. The standard InChI is InChI=1S/C25H17N3O4S/c1-15-2-4-18(5-3-15)24-27-20(13-33-24)23(29)17-8-6-16(7-9-17)21-10-11-22(32-21)28-12-19(25(30)31)26-14-28/h2-14H,1H3,(H,30,31). The van der Waals surface area contributed by atoms with E-state index in [-0.39, 0.29) is 11.5 Å². The summed E-state index contributed by atoms with van der Waals surface area (Å²) in [5.41, 5.74) is 3.83. The Balaban J connectivity index is 1.33. The van der Waals surface area contributed by atoms with Crippen molar-refractivity contribution in [2.75, 3.05) is 0 Å². The van der Waals surface area contributed by atoms with E-state index in [2.05, 4.69) is 9.97 Å². The van der Waals surface area contributed by atoms with Gasteiger partial charge in [0.1, 0.15) is 22.8 Å². The van der Waals surface area contributed by atoms with E-state index < -0.39 is 5.97 Å². The molecule has 7 nitrogen and oxygen atoms in total. The quantitative estimate of drug-likeness (QED) is 0.340. The second-order valence-corrected chi connectivity index (χ2v) is 8.28. The lowest BCUT2D eigenvalue weighted by atomic mass is 10.1. The fraction of sp³-hybridized carbons (Fsp3) is 0.0400. The van der Waals surface area contributed by atoms with Gasteiger partial charge in [-0.3, -0.25) is 9.36 Å². The number of furan rings is 1. The summed E-state index contributed by atoms with van der Waals surface area (Å²) in [6.07, 6.45) is 2.76. The number of imidazole rings is 1. The van der Waals surface area contributed by atoms with Crippen molar-refractivity contribution in [1.29, 1.82) is 0 Å². The topological polar surface area (TPSA) is 98.2 Å². The molecule has 0 aliphatic carbocycles. The van der Waals surface area contributed by atoms with Crippen molar-refractivity contribution in [2.24, 2.45) is 0 Å². The highest BCUT2D eigenvalue weighted by Gasteiger charge is 2.15.